The molecule has 2 aliphatic rings. The van der Waals surface area contributed by atoms with E-state index in [2.05, 4.69) is 4.90 Å². The zero-order valence-electron chi connectivity index (χ0n) is 14.7. The highest BCUT2D eigenvalue weighted by Gasteiger charge is 2.35. The molecule has 1 aromatic rings. The van der Waals surface area contributed by atoms with Gasteiger partial charge in [-0.25, -0.2) is 4.39 Å². The number of amides is 2. The van der Waals surface area contributed by atoms with Crippen molar-refractivity contribution in [3.63, 3.8) is 0 Å². The number of carbonyl (C=O) groups excluding carboxylic acids is 2. The number of hydrogen-bond acceptors (Lipinski definition) is 4. The number of rotatable bonds is 4. The molecular weight excluding hydrogens is 325 g/mol. The lowest BCUT2D eigenvalue weighted by Gasteiger charge is -2.36. The van der Waals surface area contributed by atoms with E-state index < -0.39 is 0 Å². The molecule has 0 aromatic heterocycles. The van der Waals surface area contributed by atoms with Gasteiger partial charge in [-0.3, -0.25) is 14.5 Å². The van der Waals surface area contributed by atoms with Gasteiger partial charge in [-0.15, -0.1) is 0 Å². The van der Waals surface area contributed by atoms with E-state index in [0.717, 1.165) is 18.7 Å². The number of likely N-dealkylation sites (tertiary alicyclic amines) is 1. The number of piperazine rings is 1. The third-order valence-electron chi connectivity index (χ3n) is 5.01. The minimum atomic E-state index is -0.278. The summed E-state index contributed by atoms with van der Waals surface area (Å²) in [7, 11) is 3.31. The zero-order chi connectivity index (χ0) is 18.0. The number of benzene rings is 1. The van der Waals surface area contributed by atoms with Gasteiger partial charge in [0, 0.05) is 58.3 Å². The smallest absolute Gasteiger partial charge is 0.228 e. The lowest BCUT2D eigenvalue weighted by Crippen LogP contribution is -2.50. The van der Waals surface area contributed by atoms with Crippen molar-refractivity contribution >= 4 is 11.8 Å². The van der Waals surface area contributed by atoms with Crippen LogP contribution >= 0.6 is 0 Å². The Morgan fingerprint density at radius 1 is 1.28 bits per heavy atom. The Kier molecular flexibility index (Phi) is 5.22. The largest absolute Gasteiger partial charge is 0.496 e. The van der Waals surface area contributed by atoms with Crippen LogP contribution in [0.3, 0.4) is 0 Å². The SMILES string of the molecule is COc1ccc(F)cc1CN1CCN(C(=O)C2CC(=O)N(C)C2)CC1. The first-order valence-electron chi connectivity index (χ1n) is 8.55. The van der Waals surface area contributed by atoms with E-state index in [4.69, 9.17) is 4.74 Å². The summed E-state index contributed by atoms with van der Waals surface area (Å²) in [5.74, 6) is 0.287. The van der Waals surface area contributed by atoms with Crippen LogP contribution in [0.1, 0.15) is 12.0 Å². The molecule has 0 spiro atoms. The molecule has 7 heteroatoms. The molecule has 136 valence electrons. The average molecular weight is 349 g/mol. The second kappa shape index (κ2) is 7.39. The summed E-state index contributed by atoms with van der Waals surface area (Å²) in [5.41, 5.74) is 0.810. The number of hydrogen-bond donors (Lipinski definition) is 0. The molecule has 2 saturated heterocycles. The number of nitrogens with zero attached hydrogens (tertiary/aromatic N) is 3. The monoisotopic (exact) mass is 349 g/mol. The second-order valence-electron chi connectivity index (χ2n) is 6.73. The summed E-state index contributed by atoms with van der Waals surface area (Å²) < 4.78 is 18.8. The normalized spacial score (nSPS) is 21.7. The summed E-state index contributed by atoms with van der Waals surface area (Å²) in [6.45, 7) is 3.81. The Hall–Kier alpha value is -2.15. The Morgan fingerprint density at radius 3 is 2.60 bits per heavy atom. The summed E-state index contributed by atoms with van der Waals surface area (Å²) in [6, 6.07) is 4.52. The van der Waals surface area contributed by atoms with Crippen LogP contribution in [0.15, 0.2) is 18.2 Å². The van der Waals surface area contributed by atoms with Gasteiger partial charge >= 0.3 is 0 Å². The standard InChI is InChI=1S/C18H24FN3O3/c1-20-11-14(10-17(20)23)18(24)22-7-5-21(6-8-22)12-13-9-15(19)3-4-16(13)25-2/h3-4,9,14H,5-8,10-12H2,1-2H3. The highest BCUT2D eigenvalue weighted by Crippen LogP contribution is 2.23. The summed E-state index contributed by atoms with van der Waals surface area (Å²) in [5, 5.41) is 0. The van der Waals surface area contributed by atoms with Gasteiger partial charge in [0.05, 0.1) is 13.0 Å². The molecule has 2 aliphatic heterocycles. The fourth-order valence-electron chi connectivity index (χ4n) is 3.53. The maximum Gasteiger partial charge on any atom is 0.228 e. The molecule has 1 atom stereocenters. The molecule has 3 rings (SSSR count). The van der Waals surface area contributed by atoms with Gasteiger partial charge in [-0.1, -0.05) is 0 Å². The van der Waals surface area contributed by atoms with Gasteiger partial charge in [-0.05, 0) is 18.2 Å². The number of methoxy groups -OCH3 is 1. The molecule has 0 radical (unpaired) electrons. The quantitative estimate of drug-likeness (QED) is 0.812. The maximum absolute atomic E-state index is 13.5. The third-order valence-corrected chi connectivity index (χ3v) is 5.01. The first kappa shape index (κ1) is 17.7. The fraction of sp³-hybridized carbons (Fsp3) is 0.556. The molecular formula is C18H24FN3O3. The van der Waals surface area contributed by atoms with Crippen LogP contribution in [0, 0.1) is 11.7 Å². The second-order valence-corrected chi connectivity index (χ2v) is 6.73. The van der Waals surface area contributed by atoms with Crippen LogP contribution in [0.2, 0.25) is 0 Å². The first-order chi connectivity index (χ1) is 12.0. The Balaban J connectivity index is 1.55. The van der Waals surface area contributed by atoms with Gasteiger partial charge < -0.3 is 14.5 Å². The number of ether oxygens (including phenoxy) is 1. The van der Waals surface area contributed by atoms with Crippen LogP contribution < -0.4 is 4.74 Å². The maximum atomic E-state index is 13.5. The van der Waals surface area contributed by atoms with Crippen LogP contribution in [0.4, 0.5) is 4.39 Å². The Morgan fingerprint density at radius 2 is 2.00 bits per heavy atom. The van der Waals surface area contributed by atoms with Gasteiger partial charge in [0.15, 0.2) is 0 Å². The van der Waals surface area contributed by atoms with Crippen LogP contribution in [0.25, 0.3) is 0 Å². The highest BCUT2D eigenvalue weighted by atomic mass is 19.1. The topological polar surface area (TPSA) is 53.1 Å². The van der Waals surface area contributed by atoms with Crippen molar-refractivity contribution in [3.8, 4) is 5.75 Å². The van der Waals surface area contributed by atoms with E-state index in [1.54, 1.807) is 25.1 Å². The fourth-order valence-corrected chi connectivity index (χ4v) is 3.53. The van der Waals surface area contributed by atoms with E-state index in [-0.39, 0.29) is 23.5 Å². The van der Waals surface area contributed by atoms with Gasteiger partial charge in [0.2, 0.25) is 11.8 Å². The van der Waals surface area contributed by atoms with E-state index in [9.17, 15) is 14.0 Å². The van der Waals surface area contributed by atoms with E-state index in [1.165, 1.54) is 12.1 Å². The van der Waals surface area contributed by atoms with Crippen LogP contribution in [-0.2, 0) is 16.1 Å². The third kappa shape index (κ3) is 3.92. The average Bonchev–Trinajstić information content (AvgIpc) is 2.94. The molecule has 2 heterocycles. The van der Waals surface area contributed by atoms with Crippen molar-refractivity contribution in [2.24, 2.45) is 5.92 Å². The van der Waals surface area contributed by atoms with E-state index in [1.807, 2.05) is 4.90 Å². The summed E-state index contributed by atoms with van der Waals surface area (Å²) in [6.07, 6.45) is 0.316. The first-order valence-corrected chi connectivity index (χ1v) is 8.55. The minimum Gasteiger partial charge on any atom is -0.496 e. The lowest BCUT2D eigenvalue weighted by atomic mass is 10.1. The molecule has 2 amide bonds. The summed E-state index contributed by atoms with van der Waals surface area (Å²) in [4.78, 5) is 29.8. The van der Waals surface area contributed by atoms with Crippen molar-refractivity contribution in [1.82, 2.24) is 14.7 Å². The van der Waals surface area contributed by atoms with Crippen LogP contribution in [-0.4, -0.2) is 73.4 Å². The van der Waals surface area contributed by atoms with Crippen molar-refractivity contribution in [2.75, 3.05) is 46.9 Å². The number of carbonyl (C=O) groups is 2. The molecule has 2 fully saturated rings. The molecule has 1 aromatic carbocycles. The van der Waals surface area contributed by atoms with Gasteiger partial charge in [-0.2, -0.15) is 0 Å². The lowest BCUT2D eigenvalue weighted by molar-refractivity contribution is -0.137. The van der Waals surface area contributed by atoms with Crippen molar-refractivity contribution < 1.29 is 18.7 Å². The Bertz CT molecular complexity index is 659. The molecule has 0 bridgehead atoms. The molecule has 0 saturated carbocycles. The van der Waals surface area contributed by atoms with E-state index >= 15 is 0 Å². The predicted octanol–water partition coefficient (Wildman–Crippen LogP) is 0.957. The molecule has 0 aliphatic carbocycles. The molecule has 0 N–H and O–H groups in total. The van der Waals surface area contributed by atoms with Gasteiger partial charge in [0.1, 0.15) is 11.6 Å². The van der Waals surface area contributed by atoms with Crippen molar-refractivity contribution in [1.29, 1.82) is 0 Å². The van der Waals surface area contributed by atoms with Crippen molar-refractivity contribution in [2.45, 2.75) is 13.0 Å². The number of halogens is 1. The zero-order valence-corrected chi connectivity index (χ0v) is 14.7. The Labute approximate surface area is 147 Å². The predicted molar refractivity (Wildman–Crippen MR) is 90.6 cm³/mol. The van der Waals surface area contributed by atoms with Crippen molar-refractivity contribution in [3.05, 3.63) is 29.6 Å². The molecule has 25 heavy (non-hydrogen) atoms. The minimum absolute atomic E-state index is 0.0372. The highest BCUT2D eigenvalue weighted by molar-refractivity contribution is 5.89. The molecule has 6 nitrogen and oxygen atoms in total. The van der Waals surface area contributed by atoms with Crippen LogP contribution in [0.5, 0.6) is 5.75 Å². The van der Waals surface area contributed by atoms with E-state index in [0.29, 0.717) is 38.3 Å². The van der Waals surface area contributed by atoms with Gasteiger partial charge in [0.25, 0.3) is 0 Å². The molecule has 1 unspecified atom stereocenters. The summed E-state index contributed by atoms with van der Waals surface area (Å²) >= 11 is 0.